The SMILES string of the molecule is CCCNC1CCN(c2cc(OC)cc(OC)c2)C(C)C1. The van der Waals surface area contributed by atoms with E-state index in [-0.39, 0.29) is 0 Å². The molecule has 0 radical (unpaired) electrons. The summed E-state index contributed by atoms with van der Waals surface area (Å²) >= 11 is 0. The number of piperidine rings is 1. The summed E-state index contributed by atoms with van der Waals surface area (Å²) in [6.45, 7) is 6.70. The van der Waals surface area contributed by atoms with Crippen molar-refractivity contribution in [1.82, 2.24) is 5.32 Å². The number of hydrogen-bond acceptors (Lipinski definition) is 4. The van der Waals surface area contributed by atoms with Crippen LogP contribution in [-0.2, 0) is 0 Å². The molecule has 1 aromatic carbocycles. The first-order valence-electron chi connectivity index (χ1n) is 7.91. The highest BCUT2D eigenvalue weighted by Crippen LogP contribution is 2.32. The molecule has 118 valence electrons. The Labute approximate surface area is 128 Å². The monoisotopic (exact) mass is 292 g/mol. The van der Waals surface area contributed by atoms with Crippen molar-refractivity contribution in [2.75, 3.05) is 32.2 Å². The van der Waals surface area contributed by atoms with Crippen LogP contribution in [0.1, 0.15) is 33.1 Å². The third-order valence-electron chi connectivity index (χ3n) is 4.23. The van der Waals surface area contributed by atoms with Crippen LogP contribution >= 0.6 is 0 Å². The van der Waals surface area contributed by atoms with Crippen LogP contribution in [0.3, 0.4) is 0 Å². The molecule has 1 saturated heterocycles. The largest absolute Gasteiger partial charge is 0.497 e. The summed E-state index contributed by atoms with van der Waals surface area (Å²) in [4.78, 5) is 2.45. The van der Waals surface area contributed by atoms with Gasteiger partial charge < -0.3 is 19.7 Å². The smallest absolute Gasteiger partial charge is 0.124 e. The summed E-state index contributed by atoms with van der Waals surface area (Å²) in [7, 11) is 3.39. The lowest BCUT2D eigenvalue weighted by molar-refractivity contribution is 0.366. The molecule has 0 aliphatic carbocycles. The minimum Gasteiger partial charge on any atom is -0.497 e. The molecule has 0 aromatic heterocycles. The molecule has 2 atom stereocenters. The Balaban J connectivity index is 2.08. The summed E-state index contributed by atoms with van der Waals surface area (Å²) in [5.74, 6) is 1.70. The maximum Gasteiger partial charge on any atom is 0.124 e. The number of nitrogens with one attached hydrogen (secondary N) is 1. The Kier molecular flexibility index (Phi) is 5.74. The average Bonchev–Trinajstić information content (AvgIpc) is 2.52. The van der Waals surface area contributed by atoms with Gasteiger partial charge in [-0.05, 0) is 32.7 Å². The zero-order chi connectivity index (χ0) is 15.2. The van der Waals surface area contributed by atoms with Gasteiger partial charge >= 0.3 is 0 Å². The highest BCUT2D eigenvalue weighted by atomic mass is 16.5. The maximum absolute atomic E-state index is 5.38. The lowest BCUT2D eigenvalue weighted by Gasteiger charge is -2.40. The van der Waals surface area contributed by atoms with Crippen LogP contribution in [0.4, 0.5) is 5.69 Å². The second kappa shape index (κ2) is 7.55. The Morgan fingerprint density at radius 3 is 2.38 bits per heavy atom. The van der Waals surface area contributed by atoms with Crippen molar-refractivity contribution in [3.63, 3.8) is 0 Å². The van der Waals surface area contributed by atoms with E-state index in [9.17, 15) is 0 Å². The van der Waals surface area contributed by atoms with Crippen molar-refractivity contribution < 1.29 is 9.47 Å². The highest BCUT2D eigenvalue weighted by molar-refractivity contribution is 5.56. The van der Waals surface area contributed by atoms with Crippen molar-refractivity contribution in [2.45, 2.75) is 45.2 Å². The zero-order valence-electron chi connectivity index (χ0n) is 13.7. The van der Waals surface area contributed by atoms with Gasteiger partial charge in [0.1, 0.15) is 11.5 Å². The molecular formula is C17H28N2O2. The molecule has 0 amide bonds. The maximum atomic E-state index is 5.38. The first kappa shape index (κ1) is 16.0. The number of nitrogens with zero attached hydrogens (tertiary/aromatic N) is 1. The number of benzene rings is 1. The van der Waals surface area contributed by atoms with E-state index in [1.54, 1.807) is 14.2 Å². The van der Waals surface area contributed by atoms with Crippen LogP contribution in [0.5, 0.6) is 11.5 Å². The van der Waals surface area contributed by atoms with Gasteiger partial charge in [-0.2, -0.15) is 0 Å². The van der Waals surface area contributed by atoms with Crippen molar-refractivity contribution in [3.05, 3.63) is 18.2 Å². The van der Waals surface area contributed by atoms with Crippen LogP contribution in [0, 0.1) is 0 Å². The Bertz CT molecular complexity index is 428. The quantitative estimate of drug-likeness (QED) is 0.874. The zero-order valence-corrected chi connectivity index (χ0v) is 13.7. The number of anilines is 1. The van der Waals surface area contributed by atoms with Gasteiger partial charge in [0, 0.05) is 42.5 Å². The molecule has 0 saturated carbocycles. The molecule has 4 heteroatoms. The van der Waals surface area contributed by atoms with E-state index in [2.05, 4.69) is 36.2 Å². The van der Waals surface area contributed by atoms with E-state index in [1.165, 1.54) is 24.9 Å². The molecule has 1 fully saturated rings. The van der Waals surface area contributed by atoms with Gasteiger partial charge in [-0.15, -0.1) is 0 Å². The fraction of sp³-hybridized carbons (Fsp3) is 0.647. The highest BCUT2D eigenvalue weighted by Gasteiger charge is 2.25. The number of hydrogen-bond donors (Lipinski definition) is 1. The molecule has 4 nitrogen and oxygen atoms in total. The second-order valence-corrected chi connectivity index (χ2v) is 5.79. The third kappa shape index (κ3) is 4.03. The van der Waals surface area contributed by atoms with Crippen molar-refractivity contribution in [3.8, 4) is 11.5 Å². The topological polar surface area (TPSA) is 33.7 Å². The Hall–Kier alpha value is -1.42. The lowest BCUT2D eigenvalue weighted by atomic mass is 9.97. The van der Waals surface area contributed by atoms with Gasteiger partial charge in [0.2, 0.25) is 0 Å². The Morgan fingerprint density at radius 1 is 1.19 bits per heavy atom. The van der Waals surface area contributed by atoms with Crippen molar-refractivity contribution in [1.29, 1.82) is 0 Å². The third-order valence-corrected chi connectivity index (χ3v) is 4.23. The minimum atomic E-state index is 0.518. The van der Waals surface area contributed by atoms with E-state index in [4.69, 9.17) is 9.47 Å². The molecule has 1 heterocycles. The van der Waals surface area contributed by atoms with E-state index in [0.717, 1.165) is 24.6 Å². The number of ether oxygens (including phenoxy) is 2. The molecule has 1 N–H and O–H groups in total. The van der Waals surface area contributed by atoms with Gasteiger partial charge in [0.25, 0.3) is 0 Å². The van der Waals surface area contributed by atoms with E-state index in [0.29, 0.717) is 12.1 Å². The fourth-order valence-corrected chi connectivity index (χ4v) is 3.05. The van der Waals surface area contributed by atoms with E-state index >= 15 is 0 Å². The van der Waals surface area contributed by atoms with E-state index in [1.807, 2.05) is 6.07 Å². The van der Waals surface area contributed by atoms with E-state index < -0.39 is 0 Å². The fourth-order valence-electron chi connectivity index (χ4n) is 3.05. The first-order chi connectivity index (χ1) is 10.2. The molecule has 2 rings (SSSR count). The standard InChI is InChI=1S/C17H28N2O2/c1-5-7-18-14-6-8-19(13(2)9-14)15-10-16(20-3)12-17(11-15)21-4/h10-14,18H,5-9H2,1-4H3. The molecule has 0 spiro atoms. The van der Waals surface area contributed by atoms with Crippen LogP contribution in [0.15, 0.2) is 18.2 Å². The second-order valence-electron chi connectivity index (χ2n) is 5.79. The minimum absolute atomic E-state index is 0.518. The van der Waals surface area contributed by atoms with Crippen LogP contribution in [-0.4, -0.2) is 39.4 Å². The predicted octanol–water partition coefficient (Wildman–Crippen LogP) is 3.06. The summed E-state index contributed by atoms with van der Waals surface area (Å²) in [6.07, 6.45) is 3.56. The van der Waals surface area contributed by atoms with Gasteiger partial charge in [-0.3, -0.25) is 0 Å². The number of methoxy groups -OCH3 is 2. The first-order valence-corrected chi connectivity index (χ1v) is 7.91. The van der Waals surface area contributed by atoms with Crippen molar-refractivity contribution in [2.24, 2.45) is 0 Å². The summed E-state index contributed by atoms with van der Waals surface area (Å²) in [5.41, 5.74) is 1.19. The molecular weight excluding hydrogens is 264 g/mol. The molecule has 1 aliphatic heterocycles. The van der Waals surface area contributed by atoms with Crippen LogP contribution in [0.2, 0.25) is 0 Å². The Morgan fingerprint density at radius 2 is 1.86 bits per heavy atom. The van der Waals surface area contributed by atoms with Crippen LogP contribution < -0.4 is 19.7 Å². The molecule has 0 bridgehead atoms. The summed E-state index contributed by atoms with van der Waals surface area (Å²) in [5, 5.41) is 3.64. The molecule has 1 aromatic rings. The average molecular weight is 292 g/mol. The van der Waals surface area contributed by atoms with Gasteiger partial charge in [0.05, 0.1) is 14.2 Å². The molecule has 2 unspecified atom stereocenters. The molecule has 21 heavy (non-hydrogen) atoms. The van der Waals surface area contributed by atoms with Crippen molar-refractivity contribution >= 4 is 5.69 Å². The number of rotatable bonds is 6. The summed E-state index contributed by atoms with van der Waals surface area (Å²) in [6, 6.07) is 7.27. The molecule has 1 aliphatic rings. The van der Waals surface area contributed by atoms with Gasteiger partial charge in [-0.1, -0.05) is 6.92 Å². The lowest BCUT2D eigenvalue weighted by Crippen LogP contribution is -2.47. The summed E-state index contributed by atoms with van der Waals surface area (Å²) < 4.78 is 10.8. The normalized spacial score (nSPS) is 22.2. The van der Waals surface area contributed by atoms with Gasteiger partial charge in [0.15, 0.2) is 0 Å². The van der Waals surface area contributed by atoms with Crippen LogP contribution in [0.25, 0.3) is 0 Å². The van der Waals surface area contributed by atoms with Gasteiger partial charge in [-0.25, -0.2) is 0 Å². The predicted molar refractivity (Wildman–Crippen MR) is 87.7 cm³/mol.